The molecule has 24 heavy (non-hydrogen) atoms. The van der Waals surface area contributed by atoms with Crippen LogP contribution >= 0.6 is 11.3 Å². The average molecular weight is 346 g/mol. The summed E-state index contributed by atoms with van der Waals surface area (Å²) in [6, 6.07) is 6.08. The highest BCUT2D eigenvalue weighted by Crippen LogP contribution is 2.35. The summed E-state index contributed by atoms with van der Waals surface area (Å²) in [6.45, 7) is 3.41. The van der Waals surface area contributed by atoms with Gasteiger partial charge in [0.05, 0.1) is 19.0 Å². The highest BCUT2D eigenvalue weighted by atomic mass is 32.1. The van der Waals surface area contributed by atoms with E-state index in [-0.39, 0.29) is 12.0 Å². The molecule has 1 aliphatic carbocycles. The molecule has 4 rings (SSSR count). The second kappa shape index (κ2) is 7.09. The molecule has 3 heterocycles. The smallest absolute Gasteiger partial charge is 0.286 e. The number of furan rings is 1. The van der Waals surface area contributed by atoms with E-state index in [0.29, 0.717) is 24.3 Å². The van der Waals surface area contributed by atoms with Crippen LogP contribution in [0.25, 0.3) is 0 Å². The molecule has 0 bridgehead atoms. The number of morpholine rings is 1. The Balaban J connectivity index is 1.35. The van der Waals surface area contributed by atoms with Crippen molar-refractivity contribution in [3.8, 4) is 0 Å². The van der Waals surface area contributed by atoms with Crippen molar-refractivity contribution < 1.29 is 13.9 Å². The Morgan fingerprint density at radius 1 is 1.38 bits per heavy atom. The lowest BCUT2D eigenvalue weighted by molar-refractivity contribution is -0.0757. The van der Waals surface area contributed by atoms with Gasteiger partial charge in [0.1, 0.15) is 0 Å². The first-order valence-corrected chi connectivity index (χ1v) is 9.44. The van der Waals surface area contributed by atoms with Gasteiger partial charge in [-0.15, -0.1) is 0 Å². The van der Waals surface area contributed by atoms with Crippen LogP contribution in [0.3, 0.4) is 0 Å². The highest BCUT2D eigenvalue weighted by molar-refractivity contribution is 7.07. The Hall–Kier alpha value is -1.63. The van der Waals surface area contributed by atoms with Gasteiger partial charge < -0.3 is 14.5 Å². The molecule has 0 spiro atoms. The number of nitrogens with one attached hydrogen (secondary N) is 1. The molecule has 1 aliphatic heterocycles. The fourth-order valence-electron chi connectivity index (χ4n) is 3.89. The van der Waals surface area contributed by atoms with Crippen molar-refractivity contribution >= 4 is 17.2 Å². The summed E-state index contributed by atoms with van der Waals surface area (Å²) >= 11 is 1.75. The fourth-order valence-corrected chi connectivity index (χ4v) is 4.55. The maximum Gasteiger partial charge on any atom is 0.286 e. The lowest BCUT2D eigenvalue weighted by atomic mass is 10.0. The predicted octanol–water partition coefficient (Wildman–Crippen LogP) is 2.75. The number of nitrogens with zero attached hydrogens (tertiary/aromatic N) is 1. The SMILES string of the molecule is O=C(NC[C@@H]1CC[C@@H]2[C@H]1OCCN2Cc1ccsc1)c1ccco1. The lowest BCUT2D eigenvalue weighted by Crippen LogP contribution is -2.50. The van der Waals surface area contributed by atoms with Crippen molar-refractivity contribution in [2.75, 3.05) is 19.7 Å². The van der Waals surface area contributed by atoms with Gasteiger partial charge in [-0.1, -0.05) is 0 Å². The molecule has 1 N–H and O–H groups in total. The molecule has 1 amide bonds. The van der Waals surface area contributed by atoms with E-state index in [1.807, 2.05) is 0 Å². The molecule has 1 saturated carbocycles. The number of amides is 1. The van der Waals surface area contributed by atoms with Crippen molar-refractivity contribution in [3.05, 3.63) is 46.5 Å². The maximum absolute atomic E-state index is 12.0. The Morgan fingerprint density at radius 3 is 3.12 bits per heavy atom. The van der Waals surface area contributed by atoms with Crippen LogP contribution in [0.4, 0.5) is 0 Å². The zero-order valence-electron chi connectivity index (χ0n) is 13.5. The number of rotatable bonds is 5. The summed E-state index contributed by atoms with van der Waals surface area (Å²) in [7, 11) is 0. The van der Waals surface area contributed by atoms with Crippen LogP contribution in [0.1, 0.15) is 29.0 Å². The molecule has 0 radical (unpaired) electrons. The van der Waals surface area contributed by atoms with Crippen molar-refractivity contribution in [1.82, 2.24) is 10.2 Å². The highest BCUT2D eigenvalue weighted by Gasteiger charge is 2.42. The minimum atomic E-state index is -0.144. The molecular weight excluding hydrogens is 324 g/mol. The quantitative estimate of drug-likeness (QED) is 0.904. The third kappa shape index (κ3) is 3.27. The van der Waals surface area contributed by atoms with Crippen molar-refractivity contribution in [2.24, 2.45) is 5.92 Å². The van der Waals surface area contributed by atoms with Crippen molar-refractivity contribution in [3.63, 3.8) is 0 Å². The summed E-state index contributed by atoms with van der Waals surface area (Å²) in [5.74, 6) is 0.599. The van der Waals surface area contributed by atoms with Gasteiger partial charge in [-0.2, -0.15) is 11.3 Å². The van der Waals surface area contributed by atoms with E-state index in [2.05, 4.69) is 27.0 Å². The zero-order valence-corrected chi connectivity index (χ0v) is 14.3. The number of carbonyl (C=O) groups is 1. The first-order chi connectivity index (χ1) is 11.8. The molecular formula is C18H22N2O3S. The molecule has 0 aromatic carbocycles. The lowest BCUT2D eigenvalue weighted by Gasteiger charge is -2.39. The van der Waals surface area contributed by atoms with Gasteiger partial charge in [0, 0.05) is 31.6 Å². The second-order valence-electron chi connectivity index (χ2n) is 6.53. The fraction of sp³-hybridized carbons (Fsp3) is 0.500. The predicted molar refractivity (Wildman–Crippen MR) is 92.0 cm³/mol. The third-order valence-corrected chi connectivity index (χ3v) is 5.80. The summed E-state index contributed by atoms with van der Waals surface area (Å²) < 4.78 is 11.2. The first kappa shape index (κ1) is 15.9. The monoisotopic (exact) mass is 346 g/mol. The van der Waals surface area contributed by atoms with Gasteiger partial charge in [-0.05, 0) is 47.4 Å². The standard InChI is InChI=1S/C18H22N2O3S/c21-18(16-2-1-7-22-16)19-10-14-3-4-15-17(14)23-8-6-20(15)11-13-5-9-24-12-13/h1-2,5,7,9,12,14-15,17H,3-4,6,8,10-11H2,(H,19,21)/t14-,15+,17-/m0/s1. The van der Waals surface area contributed by atoms with Gasteiger partial charge in [-0.25, -0.2) is 0 Å². The number of thiophene rings is 1. The van der Waals surface area contributed by atoms with Crippen molar-refractivity contribution in [1.29, 1.82) is 0 Å². The molecule has 0 unspecified atom stereocenters. The summed E-state index contributed by atoms with van der Waals surface area (Å²) in [4.78, 5) is 14.6. The van der Waals surface area contributed by atoms with Crippen LogP contribution in [0.2, 0.25) is 0 Å². The number of hydrogen-bond donors (Lipinski definition) is 1. The van der Waals surface area contributed by atoms with E-state index < -0.39 is 0 Å². The number of ether oxygens (including phenoxy) is 1. The second-order valence-corrected chi connectivity index (χ2v) is 7.31. The molecule has 2 aromatic rings. The third-order valence-electron chi connectivity index (χ3n) is 5.07. The molecule has 6 heteroatoms. The summed E-state index contributed by atoms with van der Waals surface area (Å²) in [6.07, 6.45) is 3.96. The molecule has 3 atom stereocenters. The van der Waals surface area contributed by atoms with E-state index in [9.17, 15) is 4.79 Å². The number of carbonyl (C=O) groups excluding carboxylic acids is 1. The number of hydrogen-bond acceptors (Lipinski definition) is 5. The normalized spacial score (nSPS) is 27.1. The van der Waals surface area contributed by atoms with Crippen LogP contribution in [-0.2, 0) is 11.3 Å². The molecule has 2 fully saturated rings. The van der Waals surface area contributed by atoms with E-state index >= 15 is 0 Å². The van der Waals surface area contributed by atoms with Crippen LogP contribution in [0.15, 0.2) is 39.6 Å². The van der Waals surface area contributed by atoms with Crippen LogP contribution in [-0.4, -0.2) is 42.6 Å². The first-order valence-electron chi connectivity index (χ1n) is 8.49. The molecule has 128 valence electrons. The zero-order chi connectivity index (χ0) is 16.4. The minimum Gasteiger partial charge on any atom is -0.459 e. The van der Waals surface area contributed by atoms with Gasteiger partial charge in [0.15, 0.2) is 5.76 Å². The maximum atomic E-state index is 12.0. The number of fused-ring (bicyclic) bond motifs is 1. The van der Waals surface area contributed by atoms with Gasteiger partial charge >= 0.3 is 0 Å². The van der Waals surface area contributed by atoms with Gasteiger partial charge in [-0.3, -0.25) is 9.69 Å². The van der Waals surface area contributed by atoms with Gasteiger partial charge in [0.25, 0.3) is 5.91 Å². The van der Waals surface area contributed by atoms with Crippen LogP contribution in [0, 0.1) is 5.92 Å². The minimum absolute atomic E-state index is 0.144. The Labute approximate surface area is 145 Å². The van der Waals surface area contributed by atoms with Gasteiger partial charge in [0.2, 0.25) is 0 Å². The largest absolute Gasteiger partial charge is 0.459 e. The average Bonchev–Trinajstić information content (AvgIpc) is 3.34. The molecule has 2 aromatic heterocycles. The summed E-state index contributed by atoms with van der Waals surface area (Å²) in [5, 5.41) is 7.35. The Bertz CT molecular complexity index is 656. The van der Waals surface area contributed by atoms with Crippen LogP contribution in [0.5, 0.6) is 0 Å². The van der Waals surface area contributed by atoms with Crippen LogP contribution < -0.4 is 5.32 Å². The molecule has 5 nitrogen and oxygen atoms in total. The summed E-state index contributed by atoms with van der Waals surface area (Å²) in [5.41, 5.74) is 1.38. The Kier molecular flexibility index (Phi) is 4.69. The molecule has 2 aliphatic rings. The molecule has 1 saturated heterocycles. The van der Waals surface area contributed by atoms with E-state index in [0.717, 1.165) is 32.5 Å². The van der Waals surface area contributed by atoms with E-state index in [1.165, 1.54) is 11.8 Å². The Morgan fingerprint density at radius 2 is 2.33 bits per heavy atom. The van der Waals surface area contributed by atoms with E-state index in [4.69, 9.17) is 9.15 Å². The van der Waals surface area contributed by atoms with Crippen molar-refractivity contribution in [2.45, 2.75) is 31.5 Å². The van der Waals surface area contributed by atoms with E-state index in [1.54, 1.807) is 23.5 Å². The topological polar surface area (TPSA) is 54.7 Å².